The SMILES string of the molecule is COC(C)(C)CCOc1ncc(I)cn1. The zero-order valence-corrected chi connectivity index (χ0v) is 11.3. The Kier molecular flexibility index (Phi) is 4.72. The van der Waals surface area contributed by atoms with E-state index < -0.39 is 0 Å². The van der Waals surface area contributed by atoms with E-state index in [1.54, 1.807) is 19.5 Å². The first-order chi connectivity index (χ1) is 7.03. The van der Waals surface area contributed by atoms with Crippen molar-refractivity contribution in [1.82, 2.24) is 9.97 Å². The molecule has 0 aromatic carbocycles. The number of hydrogen-bond acceptors (Lipinski definition) is 4. The van der Waals surface area contributed by atoms with Gasteiger partial charge in [0.05, 0.1) is 12.2 Å². The van der Waals surface area contributed by atoms with Crippen LogP contribution in [0, 0.1) is 3.57 Å². The normalized spacial score (nSPS) is 11.5. The first kappa shape index (κ1) is 12.6. The summed E-state index contributed by atoms with van der Waals surface area (Å²) in [7, 11) is 1.70. The molecule has 0 atom stereocenters. The van der Waals surface area contributed by atoms with Crippen molar-refractivity contribution in [2.24, 2.45) is 0 Å². The van der Waals surface area contributed by atoms with Crippen LogP contribution in [-0.2, 0) is 4.74 Å². The zero-order valence-electron chi connectivity index (χ0n) is 9.16. The van der Waals surface area contributed by atoms with Gasteiger partial charge in [-0.3, -0.25) is 0 Å². The number of hydrogen-bond donors (Lipinski definition) is 0. The second-order valence-corrected chi connectivity index (χ2v) is 4.99. The summed E-state index contributed by atoms with van der Waals surface area (Å²) < 4.78 is 11.7. The van der Waals surface area contributed by atoms with E-state index in [1.165, 1.54) is 0 Å². The minimum absolute atomic E-state index is 0.163. The first-order valence-corrected chi connectivity index (χ1v) is 5.77. The van der Waals surface area contributed by atoms with Gasteiger partial charge in [0.2, 0.25) is 0 Å². The summed E-state index contributed by atoms with van der Waals surface area (Å²) in [4.78, 5) is 8.08. The predicted octanol–water partition coefficient (Wildman–Crippen LogP) is 2.28. The van der Waals surface area contributed by atoms with Crippen molar-refractivity contribution in [3.05, 3.63) is 16.0 Å². The van der Waals surface area contributed by atoms with E-state index in [0.29, 0.717) is 12.6 Å². The van der Waals surface area contributed by atoms with Gasteiger partial charge in [-0.25, -0.2) is 9.97 Å². The second kappa shape index (κ2) is 5.60. The van der Waals surface area contributed by atoms with Crippen LogP contribution in [-0.4, -0.2) is 29.3 Å². The number of rotatable bonds is 5. The third-order valence-corrected chi connectivity index (χ3v) is 2.64. The third-order valence-electron chi connectivity index (χ3n) is 2.08. The highest BCUT2D eigenvalue weighted by molar-refractivity contribution is 14.1. The second-order valence-electron chi connectivity index (χ2n) is 3.75. The molecule has 0 saturated heterocycles. The Bertz CT molecular complexity index is 301. The third kappa shape index (κ3) is 4.74. The van der Waals surface area contributed by atoms with Gasteiger partial charge >= 0.3 is 6.01 Å². The Hall–Kier alpha value is -0.430. The molecule has 0 spiro atoms. The molecule has 0 saturated carbocycles. The Balaban J connectivity index is 2.35. The molecule has 0 radical (unpaired) electrons. The first-order valence-electron chi connectivity index (χ1n) is 4.69. The van der Waals surface area contributed by atoms with Crippen molar-refractivity contribution in [2.75, 3.05) is 13.7 Å². The molecule has 0 N–H and O–H groups in total. The number of halogens is 1. The van der Waals surface area contributed by atoms with Gasteiger partial charge in [0.15, 0.2) is 0 Å². The minimum atomic E-state index is -0.163. The van der Waals surface area contributed by atoms with E-state index in [0.717, 1.165) is 9.99 Å². The maximum Gasteiger partial charge on any atom is 0.316 e. The maximum absolute atomic E-state index is 5.39. The van der Waals surface area contributed by atoms with Crippen LogP contribution in [0.25, 0.3) is 0 Å². The van der Waals surface area contributed by atoms with E-state index in [1.807, 2.05) is 13.8 Å². The monoisotopic (exact) mass is 322 g/mol. The number of aromatic nitrogens is 2. The molecular weight excluding hydrogens is 307 g/mol. The summed E-state index contributed by atoms with van der Waals surface area (Å²) in [5.74, 6) is 0. The molecule has 1 rings (SSSR count). The van der Waals surface area contributed by atoms with Gasteiger partial charge in [-0.2, -0.15) is 0 Å². The van der Waals surface area contributed by atoms with Crippen LogP contribution in [0.5, 0.6) is 6.01 Å². The van der Waals surface area contributed by atoms with Gasteiger partial charge in [-0.1, -0.05) is 0 Å². The van der Waals surface area contributed by atoms with E-state index in [9.17, 15) is 0 Å². The number of ether oxygens (including phenoxy) is 2. The van der Waals surface area contributed by atoms with Crippen molar-refractivity contribution in [3.8, 4) is 6.01 Å². The molecule has 0 aliphatic carbocycles. The molecule has 0 amide bonds. The van der Waals surface area contributed by atoms with Crippen LogP contribution < -0.4 is 4.74 Å². The van der Waals surface area contributed by atoms with E-state index in [4.69, 9.17) is 9.47 Å². The summed E-state index contributed by atoms with van der Waals surface area (Å²) in [5, 5.41) is 0. The summed E-state index contributed by atoms with van der Waals surface area (Å²) in [6, 6.07) is 0.419. The van der Waals surface area contributed by atoms with Gasteiger partial charge in [-0.05, 0) is 36.4 Å². The van der Waals surface area contributed by atoms with Crippen molar-refractivity contribution in [3.63, 3.8) is 0 Å². The van der Waals surface area contributed by atoms with Crippen LogP contribution >= 0.6 is 22.6 Å². The molecule has 0 aliphatic heterocycles. The molecular formula is C10H15IN2O2. The largest absolute Gasteiger partial charge is 0.463 e. The quantitative estimate of drug-likeness (QED) is 0.780. The fourth-order valence-corrected chi connectivity index (χ4v) is 1.14. The Morgan fingerprint density at radius 2 is 1.93 bits per heavy atom. The van der Waals surface area contributed by atoms with Crippen LogP contribution in [0.15, 0.2) is 12.4 Å². The number of methoxy groups -OCH3 is 1. The molecule has 0 unspecified atom stereocenters. The van der Waals surface area contributed by atoms with Crippen molar-refractivity contribution in [1.29, 1.82) is 0 Å². The maximum atomic E-state index is 5.39. The highest BCUT2D eigenvalue weighted by atomic mass is 127. The van der Waals surface area contributed by atoms with Crippen molar-refractivity contribution in [2.45, 2.75) is 25.9 Å². The van der Waals surface area contributed by atoms with Gasteiger partial charge < -0.3 is 9.47 Å². The fourth-order valence-electron chi connectivity index (χ4n) is 0.865. The summed E-state index contributed by atoms with van der Waals surface area (Å²) in [6.07, 6.45) is 4.26. The minimum Gasteiger partial charge on any atom is -0.463 e. The molecule has 5 heteroatoms. The van der Waals surface area contributed by atoms with E-state index >= 15 is 0 Å². The summed E-state index contributed by atoms with van der Waals surface area (Å²) >= 11 is 2.15. The summed E-state index contributed by atoms with van der Waals surface area (Å²) in [6.45, 7) is 4.59. The lowest BCUT2D eigenvalue weighted by atomic mass is 10.1. The van der Waals surface area contributed by atoms with Gasteiger partial charge in [0, 0.05) is 29.5 Å². The molecule has 84 valence electrons. The summed E-state index contributed by atoms with van der Waals surface area (Å²) in [5.41, 5.74) is -0.163. The Labute approximate surface area is 104 Å². The standard InChI is InChI=1S/C10H15IN2O2/c1-10(2,14-3)4-5-15-9-12-6-8(11)7-13-9/h6-7H,4-5H2,1-3H3. The number of nitrogens with zero attached hydrogens (tertiary/aromatic N) is 2. The van der Waals surface area contributed by atoms with Crippen LogP contribution in [0.1, 0.15) is 20.3 Å². The Morgan fingerprint density at radius 3 is 2.47 bits per heavy atom. The van der Waals surface area contributed by atoms with Crippen molar-refractivity contribution >= 4 is 22.6 Å². The topological polar surface area (TPSA) is 44.2 Å². The average Bonchev–Trinajstić information content (AvgIpc) is 2.21. The van der Waals surface area contributed by atoms with Crippen LogP contribution in [0.2, 0.25) is 0 Å². The highest BCUT2D eigenvalue weighted by Crippen LogP contribution is 2.13. The lowest BCUT2D eigenvalue weighted by Crippen LogP contribution is -2.25. The molecule has 4 nitrogen and oxygen atoms in total. The molecule has 1 aromatic rings. The zero-order chi connectivity index (χ0) is 11.3. The lowest BCUT2D eigenvalue weighted by molar-refractivity contribution is 0.00466. The molecule has 0 bridgehead atoms. The molecule has 1 aromatic heterocycles. The molecule has 0 aliphatic rings. The van der Waals surface area contributed by atoms with Crippen LogP contribution in [0.3, 0.4) is 0 Å². The lowest BCUT2D eigenvalue weighted by Gasteiger charge is -2.22. The molecule has 1 heterocycles. The highest BCUT2D eigenvalue weighted by Gasteiger charge is 2.16. The molecule has 15 heavy (non-hydrogen) atoms. The fraction of sp³-hybridized carbons (Fsp3) is 0.600. The Morgan fingerprint density at radius 1 is 1.33 bits per heavy atom. The van der Waals surface area contributed by atoms with E-state index in [-0.39, 0.29) is 5.60 Å². The van der Waals surface area contributed by atoms with Gasteiger partial charge in [0.1, 0.15) is 0 Å². The smallest absolute Gasteiger partial charge is 0.316 e. The van der Waals surface area contributed by atoms with E-state index in [2.05, 4.69) is 32.6 Å². The van der Waals surface area contributed by atoms with Gasteiger partial charge in [0.25, 0.3) is 0 Å². The van der Waals surface area contributed by atoms with Gasteiger partial charge in [-0.15, -0.1) is 0 Å². The van der Waals surface area contributed by atoms with Crippen LogP contribution in [0.4, 0.5) is 0 Å². The average molecular weight is 322 g/mol. The van der Waals surface area contributed by atoms with Crippen molar-refractivity contribution < 1.29 is 9.47 Å². The predicted molar refractivity (Wildman–Crippen MR) is 65.9 cm³/mol. The molecule has 0 fully saturated rings.